The molecule has 1 atom stereocenters. The van der Waals surface area contributed by atoms with Gasteiger partial charge in [-0.3, -0.25) is 4.68 Å². The Morgan fingerprint density at radius 3 is 2.62 bits per heavy atom. The lowest BCUT2D eigenvalue weighted by Gasteiger charge is -2.15. The van der Waals surface area contributed by atoms with Crippen LogP contribution in [0.1, 0.15) is 42.4 Å². The largest absolute Gasteiger partial charge is 0.487 e. The summed E-state index contributed by atoms with van der Waals surface area (Å²) >= 11 is 0. The molecule has 0 aliphatic rings. The fourth-order valence-electron chi connectivity index (χ4n) is 2.48. The fraction of sp³-hybridized carbons (Fsp3) is 0.471. The van der Waals surface area contributed by atoms with Gasteiger partial charge in [0, 0.05) is 13.1 Å². The summed E-state index contributed by atoms with van der Waals surface area (Å²) in [4.78, 5) is 0. The molecule has 1 unspecified atom stereocenters. The van der Waals surface area contributed by atoms with Crippen LogP contribution in [0.4, 0.5) is 0 Å². The zero-order valence-electron chi connectivity index (χ0n) is 13.6. The monoisotopic (exact) mass is 287 g/mol. The molecule has 1 N–H and O–H groups in total. The maximum Gasteiger partial charge on any atom is 0.130 e. The maximum absolute atomic E-state index is 5.93. The lowest BCUT2D eigenvalue weighted by atomic mass is 10.1. The van der Waals surface area contributed by atoms with E-state index in [0.717, 1.165) is 29.2 Å². The molecule has 1 aromatic carbocycles. The minimum atomic E-state index is 0.363. The van der Waals surface area contributed by atoms with Gasteiger partial charge in [-0.2, -0.15) is 5.10 Å². The van der Waals surface area contributed by atoms with Crippen molar-refractivity contribution in [3.63, 3.8) is 0 Å². The van der Waals surface area contributed by atoms with E-state index in [1.54, 1.807) is 0 Å². The van der Waals surface area contributed by atoms with E-state index in [1.807, 2.05) is 18.7 Å². The summed E-state index contributed by atoms with van der Waals surface area (Å²) in [5.41, 5.74) is 4.55. The maximum atomic E-state index is 5.93. The SMILES string of the molecule is CCNC(C)c1ccc(OCc2cc(C)nn2C)c(C)c1. The van der Waals surface area contributed by atoms with E-state index in [0.29, 0.717) is 12.6 Å². The van der Waals surface area contributed by atoms with E-state index in [9.17, 15) is 0 Å². The number of hydrogen-bond acceptors (Lipinski definition) is 3. The zero-order chi connectivity index (χ0) is 15.4. The van der Waals surface area contributed by atoms with Crippen LogP contribution in [0.15, 0.2) is 24.3 Å². The summed E-state index contributed by atoms with van der Waals surface area (Å²) in [6.45, 7) is 9.89. The van der Waals surface area contributed by atoms with Gasteiger partial charge in [-0.05, 0) is 50.6 Å². The highest BCUT2D eigenvalue weighted by Crippen LogP contribution is 2.23. The first-order valence-electron chi connectivity index (χ1n) is 7.47. The molecule has 1 heterocycles. The highest BCUT2D eigenvalue weighted by atomic mass is 16.5. The van der Waals surface area contributed by atoms with Gasteiger partial charge in [0.15, 0.2) is 0 Å². The predicted octanol–water partition coefficient (Wildman–Crippen LogP) is 3.29. The van der Waals surface area contributed by atoms with Crippen LogP contribution in [-0.2, 0) is 13.7 Å². The molecule has 4 nitrogen and oxygen atoms in total. The first-order valence-corrected chi connectivity index (χ1v) is 7.47. The molecule has 21 heavy (non-hydrogen) atoms. The van der Waals surface area contributed by atoms with Crippen molar-refractivity contribution in [1.82, 2.24) is 15.1 Å². The number of aromatic nitrogens is 2. The van der Waals surface area contributed by atoms with Crippen molar-refractivity contribution in [1.29, 1.82) is 0 Å². The molecule has 114 valence electrons. The molecule has 0 fully saturated rings. The fourth-order valence-corrected chi connectivity index (χ4v) is 2.48. The Morgan fingerprint density at radius 1 is 1.29 bits per heavy atom. The van der Waals surface area contributed by atoms with Crippen molar-refractivity contribution in [2.75, 3.05) is 6.54 Å². The van der Waals surface area contributed by atoms with Crippen LogP contribution in [0.25, 0.3) is 0 Å². The Labute approximate surface area is 127 Å². The minimum Gasteiger partial charge on any atom is -0.487 e. The van der Waals surface area contributed by atoms with Gasteiger partial charge in [-0.1, -0.05) is 19.1 Å². The van der Waals surface area contributed by atoms with E-state index in [-0.39, 0.29) is 0 Å². The molecular weight excluding hydrogens is 262 g/mol. The van der Waals surface area contributed by atoms with Gasteiger partial charge in [0.25, 0.3) is 0 Å². The molecule has 0 saturated heterocycles. The van der Waals surface area contributed by atoms with Crippen LogP contribution in [0.2, 0.25) is 0 Å². The second-order valence-electron chi connectivity index (χ2n) is 5.49. The number of nitrogens with zero attached hydrogens (tertiary/aromatic N) is 2. The number of ether oxygens (including phenoxy) is 1. The lowest BCUT2D eigenvalue weighted by molar-refractivity contribution is 0.292. The van der Waals surface area contributed by atoms with Gasteiger partial charge >= 0.3 is 0 Å². The average molecular weight is 287 g/mol. The van der Waals surface area contributed by atoms with Gasteiger partial charge in [0.1, 0.15) is 12.4 Å². The van der Waals surface area contributed by atoms with Gasteiger partial charge in [-0.15, -0.1) is 0 Å². The quantitative estimate of drug-likeness (QED) is 0.886. The number of nitrogens with one attached hydrogen (secondary N) is 1. The Hall–Kier alpha value is -1.81. The second kappa shape index (κ2) is 6.76. The lowest BCUT2D eigenvalue weighted by Crippen LogP contribution is -2.17. The van der Waals surface area contributed by atoms with Crippen molar-refractivity contribution >= 4 is 0 Å². The molecule has 0 spiro atoms. The molecule has 0 aliphatic carbocycles. The van der Waals surface area contributed by atoms with Crippen molar-refractivity contribution in [3.05, 3.63) is 46.8 Å². The summed E-state index contributed by atoms with van der Waals surface area (Å²) in [7, 11) is 1.94. The predicted molar refractivity (Wildman–Crippen MR) is 85.5 cm³/mol. The topological polar surface area (TPSA) is 39.1 Å². The molecule has 2 aromatic rings. The van der Waals surface area contributed by atoms with E-state index in [1.165, 1.54) is 5.56 Å². The van der Waals surface area contributed by atoms with Gasteiger partial charge in [-0.25, -0.2) is 0 Å². The standard InChI is InChI=1S/C17H25N3O/c1-6-18-14(4)15-7-8-17(12(2)9-15)21-11-16-10-13(3)19-20(16)5/h7-10,14,18H,6,11H2,1-5H3. The highest BCUT2D eigenvalue weighted by Gasteiger charge is 2.08. The highest BCUT2D eigenvalue weighted by molar-refractivity contribution is 5.37. The summed E-state index contributed by atoms with van der Waals surface area (Å²) in [5.74, 6) is 0.932. The minimum absolute atomic E-state index is 0.363. The van der Waals surface area contributed by atoms with Gasteiger partial charge in [0.2, 0.25) is 0 Å². The molecule has 4 heteroatoms. The number of benzene rings is 1. The number of hydrogen-bond donors (Lipinski definition) is 1. The van der Waals surface area contributed by atoms with Gasteiger partial charge < -0.3 is 10.1 Å². The smallest absolute Gasteiger partial charge is 0.130 e. The van der Waals surface area contributed by atoms with Crippen LogP contribution in [0.3, 0.4) is 0 Å². The Balaban J connectivity index is 2.06. The molecule has 0 bridgehead atoms. The van der Waals surface area contributed by atoms with Crippen LogP contribution in [-0.4, -0.2) is 16.3 Å². The molecule has 0 radical (unpaired) electrons. The van der Waals surface area contributed by atoms with E-state index in [2.05, 4.69) is 55.5 Å². The third-order valence-electron chi connectivity index (χ3n) is 3.68. The summed E-state index contributed by atoms with van der Waals surface area (Å²) in [6.07, 6.45) is 0. The summed E-state index contributed by atoms with van der Waals surface area (Å²) < 4.78 is 7.80. The van der Waals surface area contributed by atoms with Crippen molar-refractivity contribution in [2.45, 2.75) is 40.3 Å². The van der Waals surface area contributed by atoms with E-state index < -0.39 is 0 Å². The Kier molecular flexibility index (Phi) is 5.02. The number of rotatable bonds is 6. The summed E-state index contributed by atoms with van der Waals surface area (Å²) in [6, 6.07) is 8.79. The first kappa shape index (κ1) is 15.6. The van der Waals surface area contributed by atoms with E-state index in [4.69, 9.17) is 4.74 Å². The average Bonchev–Trinajstić information content (AvgIpc) is 2.76. The second-order valence-corrected chi connectivity index (χ2v) is 5.49. The number of aryl methyl sites for hydroxylation is 3. The van der Waals surface area contributed by atoms with Crippen molar-refractivity contribution in [2.24, 2.45) is 7.05 Å². The normalized spacial score (nSPS) is 12.4. The molecule has 0 aliphatic heterocycles. The molecule has 0 saturated carbocycles. The van der Waals surface area contributed by atoms with Crippen LogP contribution >= 0.6 is 0 Å². The molecule has 0 amide bonds. The van der Waals surface area contributed by atoms with Crippen molar-refractivity contribution in [3.8, 4) is 5.75 Å². The molecule has 2 rings (SSSR count). The van der Waals surface area contributed by atoms with Gasteiger partial charge in [0.05, 0.1) is 11.4 Å². The first-order chi connectivity index (χ1) is 10.0. The Morgan fingerprint density at radius 2 is 2.05 bits per heavy atom. The van der Waals surface area contributed by atoms with E-state index >= 15 is 0 Å². The van der Waals surface area contributed by atoms with Crippen molar-refractivity contribution < 1.29 is 4.74 Å². The Bertz CT molecular complexity index is 604. The summed E-state index contributed by atoms with van der Waals surface area (Å²) in [5, 5.41) is 7.76. The zero-order valence-corrected chi connectivity index (χ0v) is 13.6. The van der Waals surface area contributed by atoms with Crippen LogP contribution in [0.5, 0.6) is 5.75 Å². The van der Waals surface area contributed by atoms with Crippen LogP contribution in [0, 0.1) is 13.8 Å². The third kappa shape index (κ3) is 3.85. The van der Waals surface area contributed by atoms with Crippen LogP contribution < -0.4 is 10.1 Å². The molecule has 1 aromatic heterocycles. The third-order valence-corrected chi connectivity index (χ3v) is 3.68. The molecular formula is C17H25N3O.